The van der Waals surface area contributed by atoms with E-state index in [1.807, 2.05) is 43.3 Å². The molecule has 0 saturated heterocycles. The number of non-ortho nitro benzene ring substituents is 1. The van der Waals surface area contributed by atoms with Crippen molar-refractivity contribution in [2.24, 2.45) is 0 Å². The molecular formula is C24H22N2O5. The van der Waals surface area contributed by atoms with E-state index in [-0.39, 0.29) is 18.0 Å². The summed E-state index contributed by atoms with van der Waals surface area (Å²) in [6.07, 6.45) is 0.189. The average molecular weight is 418 g/mol. The molecule has 1 aliphatic heterocycles. The van der Waals surface area contributed by atoms with Gasteiger partial charge in [-0.3, -0.25) is 14.9 Å². The van der Waals surface area contributed by atoms with Crippen LogP contribution in [0.4, 0.5) is 11.4 Å². The van der Waals surface area contributed by atoms with Gasteiger partial charge in [0.1, 0.15) is 0 Å². The van der Waals surface area contributed by atoms with Gasteiger partial charge in [0.05, 0.1) is 31.6 Å². The summed E-state index contributed by atoms with van der Waals surface area (Å²) in [6.45, 7) is 1.98. The summed E-state index contributed by atoms with van der Waals surface area (Å²) in [5.41, 5.74) is 4.08. The molecule has 31 heavy (non-hydrogen) atoms. The molecule has 0 radical (unpaired) electrons. The molecule has 4 rings (SSSR count). The Hall–Kier alpha value is -3.87. The Bertz CT molecular complexity index is 1160. The highest BCUT2D eigenvalue weighted by molar-refractivity contribution is 5.98. The van der Waals surface area contributed by atoms with Crippen molar-refractivity contribution in [1.29, 1.82) is 0 Å². The SMILES string of the molecule is COc1cc2c(cc1OC)C(c1cccc([N+](=O)[O-])c1)N(c1ccc(C)cc1)C(=O)C2. The average Bonchev–Trinajstić information content (AvgIpc) is 2.78. The highest BCUT2D eigenvalue weighted by atomic mass is 16.6. The minimum Gasteiger partial charge on any atom is -0.493 e. The molecule has 0 bridgehead atoms. The zero-order chi connectivity index (χ0) is 22.1. The van der Waals surface area contributed by atoms with Gasteiger partial charge in [-0.2, -0.15) is 0 Å². The number of fused-ring (bicyclic) bond motifs is 1. The number of rotatable bonds is 5. The van der Waals surface area contributed by atoms with Gasteiger partial charge in [0.2, 0.25) is 5.91 Å². The molecule has 3 aromatic rings. The van der Waals surface area contributed by atoms with Gasteiger partial charge in [-0.05, 0) is 47.9 Å². The minimum atomic E-state index is -0.543. The maximum atomic E-state index is 13.3. The number of nitro benzene ring substituents is 1. The topological polar surface area (TPSA) is 81.9 Å². The second-order valence-electron chi connectivity index (χ2n) is 7.44. The number of hydrogen-bond donors (Lipinski definition) is 0. The number of nitrogens with zero attached hydrogens (tertiary/aromatic N) is 2. The van der Waals surface area contributed by atoms with E-state index in [0.717, 1.165) is 22.4 Å². The third kappa shape index (κ3) is 3.70. The van der Waals surface area contributed by atoms with E-state index >= 15 is 0 Å². The number of methoxy groups -OCH3 is 2. The molecule has 0 spiro atoms. The lowest BCUT2D eigenvalue weighted by Gasteiger charge is -2.38. The van der Waals surface area contributed by atoms with Crippen molar-refractivity contribution in [1.82, 2.24) is 0 Å². The van der Waals surface area contributed by atoms with Gasteiger partial charge in [0.25, 0.3) is 5.69 Å². The molecule has 7 nitrogen and oxygen atoms in total. The Balaban J connectivity index is 1.96. The molecule has 3 aromatic carbocycles. The smallest absolute Gasteiger partial charge is 0.269 e. The molecule has 7 heteroatoms. The number of carbonyl (C=O) groups is 1. The van der Waals surface area contributed by atoms with Crippen molar-refractivity contribution in [3.8, 4) is 11.5 Å². The van der Waals surface area contributed by atoms with Gasteiger partial charge in [-0.15, -0.1) is 0 Å². The van der Waals surface area contributed by atoms with Crippen LogP contribution < -0.4 is 14.4 Å². The predicted molar refractivity (Wildman–Crippen MR) is 117 cm³/mol. The van der Waals surface area contributed by atoms with Crippen LogP contribution in [0.1, 0.15) is 28.3 Å². The molecule has 0 saturated carbocycles. The fraction of sp³-hybridized carbons (Fsp3) is 0.208. The van der Waals surface area contributed by atoms with Crippen LogP contribution in [0, 0.1) is 17.0 Å². The first-order valence-electron chi connectivity index (χ1n) is 9.80. The monoisotopic (exact) mass is 418 g/mol. The van der Waals surface area contributed by atoms with Crippen LogP contribution in [-0.4, -0.2) is 25.1 Å². The van der Waals surface area contributed by atoms with E-state index in [0.29, 0.717) is 17.1 Å². The zero-order valence-corrected chi connectivity index (χ0v) is 17.5. The molecule has 1 amide bonds. The summed E-state index contributed by atoms with van der Waals surface area (Å²) < 4.78 is 10.9. The molecule has 0 fully saturated rings. The third-order valence-electron chi connectivity index (χ3n) is 5.52. The van der Waals surface area contributed by atoms with Gasteiger partial charge in [-0.1, -0.05) is 29.8 Å². The van der Waals surface area contributed by atoms with Crippen molar-refractivity contribution in [2.75, 3.05) is 19.1 Å². The number of hydrogen-bond acceptors (Lipinski definition) is 5. The lowest BCUT2D eigenvalue weighted by atomic mass is 9.86. The summed E-state index contributed by atoms with van der Waals surface area (Å²) in [5.74, 6) is 0.977. The van der Waals surface area contributed by atoms with E-state index in [1.165, 1.54) is 12.1 Å². The second kappa shape index (κ2) is 8.10. The number of amides is 1. The van der Waals surface area contributed by atoms with Crippen molar-refractivity contribution >= 4 is 17.3 Å². The molecule has 1 heterocycles. The van der Waals surface area contributed by atoms with Crippen LogP contribution in [0.2, 0.25) is 0 Å². The van der Waals surface area contributed by atoms with Crippen molar-refractivity contribution in [2.45, 2.75) is 19.4 Å². The Morgan fingerprint density at radius 3 is 2.32 bits per heavy atom. The van der Waals surface area contributed by atoms with Gasteiger partial charge >= 0.3 is 0 Å². The van der Waals surface area contributed by atoms with Crippen molar-refractivity contribution < 1.29 is 19.2 Å². The van der Waals surface area contributed by atoms with Gasteiger partial charge in [0.15, 0.2) is 11.5 Å². The number of benzene rings is 3. The van der Waals surface area contributed by atoms with Gasteiger partial charge in [-0.25, -0.2) is 0 Å². The molecule has 0 N–H and O–H groups in total. The van der Waals surface area contributed by atoms with Crippen LogP contribution in [-0.2, 0) is 11.2 Å². The van der Waals surface area contributed by atoms with Crippen LogP contribution in [0.25, 0.3) is 0 Å². The maximum absolute atomic E-state index is 13.3. The second-order valence-corrected chi connectivity index (χ2v) is 7.44. The summed E-state index contributed by atoms with van der Waals surface area (Å²) in [4.78, 5) is 26.0. The number of nitro groups is 1. The molecule has 0 aliphatic carbocycles. The largest absolute Gasteiger partial charge is 0.493 e. The fourth-order valence-electron chi connectivity index (χ4n) is 4.01. The first-order valence-corrected chi connectivity index (χ1v) is 9.80. The molecule has 0 aromatic heterocycles. The molecule has 1 atom stereocenters. The number of aryl methyl sites for hydroxylation is 1. The number of ether oxygens (including phenoxy) is 2. The third-order valence-corrected chi connectivity index (χ3v) is 5.52. The molecular weight excluding hydrogens is 396 g/mol. The van der Waals surface area contributed by atoms with E-state index < -0.39 is 11.0 Å². The lowest BCUT2D eigenvalue weighted by molar-refractivity contribution is -0.384. The molecule has 158 valence electrons. The highest BCUT2D eigenvalue weighted by Crippen LogP contribution is 2.43. The highest BCUT2D eigenvalue weighted by Gasteiger charge is 2.36. The predicted octanol–water partition coefficient (Wildman–Crippen LogP) is 4.60. The van der Waals surface area contributed by atoms with Gasteiger partial charge < -0.3 is 14.4 Å². The normalized spacial score (nSPS) is 15.4. The standard InChI is InChI=1S/C24H22N2O5/c1-15-7-9-18(10-8-15)25-23(27)13-17-12-21(30-2)22(31-3)14-20(17)24(25)16-5-4-6-19(11-16)26(28)29/h4-12,14,24H,13H2,1-3H3. The molecule has 1 unspecified atom stereocenters. The minimum absolute atomic E-state index is 0.0265. The first kappa shape index (κ1) is 20.4. The quantitative estimate of drug-likeness (QED) is 0.447. The summed E-state index contributed by atoms with van der Waals surface area (Å²) in [5, 5.41) is 11.4. The summed E-state index contributed by atoms with van der Waals surface area (Å²) >= 11 is 0. The fourth-order valence-corrected chi connectivity index (χ4v) is 4.01. The zero-order valence-electron chi connectivity index (χ0n) is 17.5. The van der Waals surface area contributed by atoms with Crippen LogP contribution >= 0.6 is 0 Å². The Labute approximate surface area is 180 Å². The Morgan fingerprint density at radius 1 is 1.00 bits per heavy atom. The van der Waals surface area contributed by atoms with Crippen molar-refractivity contribution in [3.05, 3.63) is 93.0 Å². The van der Waals surface area contributed by atoms with E-state index in [4.69, 9.17) is 9.47 Å². The van der Waals surface area contributed by atoms with Crippen LogP contribution in [0.15, 0.2) is 60.7 Å². The van der Waals surface area contributed by atoms with Crippen LogP contribution in [0.3, 0.4) is 0 Å². The molecule has 1 aliphatic rings. The number of anilines is 1. The van der Waals surface area contributed by atoms with Crippen molar-refractivity contribution in [3.63, 3.8) is 0 Å². The first-order chi connectivity index (χ1) is 14.9. The Morgan fingerprint density at radius 2 is 1.68 bits per heavy atom. The van der Waals surface area contributed by atoms with E-state index in [2.05, 4.69) is 0 Å². The maximum Gasteiger partial charge on any atom is 0.269 e. The lowest BCUT2D eigenvalue weighted by Crippen LogP contribution is -2.41. The summed E-state index contributed by atoms with van der Waals surface area (Å²) in [6, 6.07) is 17.2. The van der Waals surface area contributed by atoms with E-state index in [9.17, 15) is 14.9 Å². The van der Waals surface area contributed by atoms with Crippen LogP contribution in [0.5, 0.6) is 11.5 Å². The summed E-state index contributed by atoms with van der Waals surface area (Å²) in [7, 11) is 3.10. The number of carbonyl (C=O) groups excluding carboxylic acids is 1. The Kier molecular flexibility index (Phi) is 5.33. The van der Waals surface area contributed by atoms with Gasteiger partial charge in [0, 0.05) is 17.8 Å². The van der Waals surface area contributed by atoms with E-state index in [1.54, 1.807) is 31.3 Å².